The fourth-order valence-electron chi connectivity index (χ4n) is 4.50. The van der Waals surface area contributed by atoms with Crippen molar-refractivity contribution in [3.63, 3.8) is 0 Å². The van der Waals surface area contributed by atoms with E-state index in [0.717, 1.165) is 18.4 Å². The van der Waals surface area contributed by atoms with Crippen LogP contribution in [0, 0.1) is 0 Å². The number of likely N-dealkylation sites (N-methyl/N-ethyl adjacent to an activating group) is 1. The number of rotatable bonds is 9. The first-order valence-electron chi connectivity index (χ1n) is 12.7. The van der Waals surface area contributed by atoms with Crippen LogP contribution in [0.15, 0.2) is 72.3 Å². The average Bonchev–Trinajstić information content (AvgIpc) is 3.16. The molecule has 2 aliphatic rings. The molecule has 0 aliphatic carbocycles. The van der Waals surface area contributed by atoms with Crippen molar-refractivity contribution < 1.29 is 48.4 Å². The van der Waals surface area contributed by atoms with Gasteiger partial charge in [-0.05, 0) is 57.5 Å². The molecule has 2 N–H and O–H groups in total. The molecule has 212 valence electrons. The normalized spacial score (nSPS) is 19.1. The van der Waals surface area contributed by atoms with Crippen molar-refractivity contribution in [2.45, 2.75) is 50.5 Å². The minimum absolute atomic E-state index is 0.0253. The summed E-state index contributed by atoms with van der Waals surface area (Å²) in [6.07, 6.45) is 0.953. The van der Waals surface area contributed by atoms with Gasteiger partial charge in [0, 0.05) is 12.1 Å². The van der Waals surface area contributed by atoms with Gasteiger partial charge in [0.05, 0.1) is 23.3 Å². The lowest BCUT2D eigenvalue weighted by atomic mass is 10.0. The molecule has 1 fully saturated rings. The number of carbonyl (C=O) groups excluding carboxylic acids is 3. The summed E-state index contributed by atoms with van der Waals surface area (Å²) < 4.78 is 14.6. The van der Waals surface area contributed by atoms with Gasteiger partial charge in [-0.2, -0.15) is 0 Å². The van der Waals surface area contributed by atoms with E-state index in [9.17, 15) is 34.2 Å². The molecule has 0 radical (unpaired) electrons. The molecule has 2 heterocycles. The van der Waals surface area contributed by atoms with E-state index in [0.29, 0.717) is 18.7 Å². The second-order valence-electron chi connectivity index (χ2n) is 9.09. The van der Waals surface area contributed by atoms with Crippen LogP contribution >= 0.6 is 0 Å². The number of fused-ring (bicyclic) bond motifs is 2. The zero-order valence-electron chi connectivity index (χ0n) is 22.1. The Kier molecular flexibility index (Phi) is 10.5. The van der Waals surface area contributed by atoms with Gasteiger partial charge in [0.1, 0.15) is 0 Å². The molecule has 1 saturated heterocycles. The van der Waals surface area contributed by atoms with E-state index in [1.807, 2.05) is 6.92 Å². The Labute approximate surface area is 230 Å². The standard InChI is InChI=1S/C18H14O8.C11H17NO2/c19-15(20)13(25-17(23)11-7-3-1-4-8-11)14(16(21)22)26-18(24)12-9-5-2-6-10-12;1-3-14-11(13)9-6-4-8-5-7-10(9)12(8)2/h1-10,13-14H,(H,19,20)(H,21,22);6,8,10H,3-5,7H2,1-2H3/t13-,14-;8-,10?/m10/s1. The maximum atomic E-state index is 12.0. The third-order valence-electron chi connectivity index (χ3n) is 6.57. The highest BCUT2D eigenvalue weighted by atomic mass is 16.6. The summed E-state index contributed by atoms with van der Waals surface area (Å²) in [5.41, 5.74) is 0.928. The van der Waals surface area contributed by atoms with E-state index in [4.69, 9.17) is 14.2 Å². The van der Waals surface area contributed by atoms with Crippen LogP contribution in [0.25, 0.3) is 0 Å². The largest absolute Gasteiger partial charge is 0.478 e. The maximum Gasteiger partial charge on any atom is 0.349 e. The van der Waals surface area contributed by atoms with Crippen molar-refractivity contribution in [3.8, 4) is 0 Å². The van der Waals surface area contributed by atoms with Crippen LogP contribution in [0.3, 0.4) is 0 Å². The molecule has 4 rings (SSSR count). The SMILES string of the molecule is CCOC(=O)C1=CC[C@H]2CCC1N2C.O=C(O[C@@H](C(=O)O)[C@@H](OC(=O)c1ccccc1)C(=O)O)c1ccccc1. The number of benzene rings is 2. The summed E-state index contributed by atoms with van der Waals surface area (Å²) in [5.74, 6) is -5.75. The van der Waals surface area contributed by atoms with Gasteiger partial charge in [-0.3, -0.25) is 4.90 Å². The Morgan fingerprint density at radius 2 is 1.27 bits per heavy atom. The number of hydrogen-bond acceptors (Lipinski definition) is 9. The number of carboxylic acids is 2. The zero-order chi connectivity index (χ0) is 29.2. The highest BCUT2D eigenvalue weighted by molar-refractivity contribution is 5.95. The zero-order valence-corrected chi connectivity index (χ0v) is 22.1. The number of aliphatic carboxylic acids is 2. The molecule has 4 atom stereocenters. The number of carbonyl (C=O) groups is 5. The van der Waals surface area contributed by atoms with Crippen LogP contribution in [0.5, 0.6) is 0 Å². The van der Waals surface area contributed by atoms with Gasteiger partial charge >= 0.3 is 29.8 Å². The lowest BCUT2D eigenvalue weighted by molar-refractivity contribution is -0.166. The molecule has 2 aromatic carbocycles. The number of hydrogen-bond donors (Lipinski definition) is 2. The predicted molar refractivity (Wildman–Crippen MR) is 140 cm³/mol. The molecule has 2 aromatic rings. The Morgan fingerprint density at radius 3 is 1.70 bits per heavy atom. The Bertz CT molecular complexity index is 1170. The van der Waals surface area contributed by atoms with E-state index in [1.165, 1.54) is 55.0 Å². The minimum Gasteiger partial charge on any atom is -0.478 e. The van der Waals surface area contributed by atoms with Crippen molar-refractivity contribution in [3.05, 3.63) is 83.4 Å². The molecule has 40 heavy (non-hydrogen) atoms. The molecule has 11 nitrogen and oxygen atoms in total. The first-order valence-corrected chi connectivity index (χ1v) is 12.7. The number of nitrogens with zero attached hydrogens (tertiary/aromatic N) is 1. The molecule has 2 aliphatic heterocycles. The third kappa shape index (κ3) is 7.54. The van der Waals surface area contributed by atoms with E-state index < -0.39 is 36.1 Å². The summed E-state index contributed by atoms with van der Waals surface area (Å²) in [6.45, 7) is 2.32. The second kappa shape index (κ2) is 14.0. The van der Waals surface area contributed by atoms with Crippen LogP contribution in [-0.4, -0.2) is 82.9 Å². The van der Waals surface area contributed by atoms with E-state index in [-0.39, 0.29) is 17.1 Å². The molecule has 0 spiro atoms. The van der Waals surface area contributed by atoms with Gasteiger partial charge < -0.3 is 24.4 Å². The molecule has 0 aromatic heterocycles. The monoisotopic (exact) mass is 553 g/mol. The first-order chi connectivity index (χ1) is 19.1. The fraction of sp³-hybridized carbons (Fsp3) is 0.345. The Balaban J connectivity index is 0.000000263. The highest BCUT2D eigenvalue weighted by Gasteiger charge is 2.41. The van der Waals surface area contributed by atoms with Crippen molar-refractivity contribution in [2.24, 2.45) is 0 Å². The molecular formula is C29H31NO10. The summed E-state index contributed by atoms with van der Waals surface area (Å²) in [5, 5.41) is 18.5. The number of carboxylic acid groups (broad SMARTS) is 2. The van der Waals surface area contributed by atoms with Gasteiger partial charge in [-0.15, -0.1) is 0 Å². The van der Waals surface area contributed by atoms with Crippen LogP contribution < -0.4 is 0 Å². The topological polar surface area (TPSA) is 157 Å². The summed E-state index contributed by atoms with van der Waals surface area (Å²) in [6, 6.07) is 15.8. The molecule has 2 bridgehead atoms. The van der Waals surface area contributed by atoms with Crippen molar-refractivity contribution in [1.29, 1.82) is 0 Å². The van der Waals surface area contributed by atoms with Gasteiger partial charge in [0.25, 0.3) is 0 Å². The minimum atomic E-state index is -2.21. The van der Waals surface area contributed by atoms with Gasteiger partial charge in [0.15, 0.2) is 0 Å². The van der Waals surface area contributed by atoms with Crippen LogP contribution in [0.2, 0.25) is 0 Å². The van der Waals surface area contributed by atoms with Crippen LogP contribution in [-0.2, 0) is 28.6 Å². The van der Waals surface area contributed by atoms with E-state index in [1.54, 1.807) is 12.1 Å². The molecular weight excluding hydrogens is 522 g/mol. The van der Waals surface area contributed by atoms with Gasteiger partial charge in [-0.25, -0.2) is 24.0 Å². The van der Waals surface area contributed by atoms with Crippen molar-refractivity contribution in [1.82, 2.24) is 4.90 Å². The smallest absolute Gasteiger partial charge is 0.349 e. The van der Waals surface area contributed by atoms with Gasteiger partial charge in [-0.1, -0.05) is 42.5 Å². The first kappa shape index (κ1) is 30.0. The quantitative estimate of drug-likeness (QED) is 0.348. The Hall–Kier alpha value is -4.51. The summed E-state index contributed by atoms with van der Waals surface area (Å²) >= 11 is 0. The highest BCUT2D eigenvalue weighted by Crippen LogP contribution is 2.34. The van der Waals surface area contributed by atoms with E-state index >= 15 is 0 Å². The Morgan fingerprint density at radius 1 is 0.800 bits per heavy atom. The molecule has 0 saturated carbocycles. The fourth-order valence-corrected chi connectivity index (χ4v) is 4.50. The number of esters is 3. The van der Waals surface area contributed by atoms with Gasteiger partial charge in [0.2, 0.25) is 12.2 Å². The molecule has 1 unspecified atom stereocenters. The summed E-state index contributed by atoms with van der Waals surface area (Å²) in [4.78, 5) is 60.8. The second-order valence-corrected chi connectivity index (χ2v) is 9.09. The van der Waals surface area contributed by atoms with Crippen LogP contribution in [0.1, 0.15) is 46.9 Å². The molecule has 0 amide bonds. The average molecular weight is 554 g/mol. The number of ether oxygens (including phenoxy) is 3. The maximum absolute atomic E-state index is 12.0. The van der Waals surface area contributed by atoms with Crippen molar-refractivity contribution >= 4 is 29.8 Å². The van der Waals surface area contributed by atoms with Crippen LogP contribution in [0.4, 0.5) is 0 Å². The lowest BCUT2D eigenvalue weighted by Gasteiger charge is -2.30. The lowest BCUT2D eigenvalue weighted by Crippen LogP contribution is -2.45. The summed E-state index contributed by atoms with van der Waals surface area (Å²) in [7, 11) is 2.11. The van der Waals surface area contributed by atoms with Crippen molar-refractivity contribution in [2.75, 3.05) is 13.7 Å². The third-order valence-corrected chi connectivity index (χ3v) is 6.57. The predicted octanol–water partition coefficient (Wildman–Crippen LogP) is 2.95. The molecule has 11 heteroatoms. The van der Waals surface area contributed by atoms with E-state index in [2.05, 4.69) is 18.0 Å².